The van der Waals surface area contributed by atoms with Crippen LogP contribution >= 0.6 is 0 Å². The quantitative estimate of drug-likeness (QED) is 0.626. The number of carbonyl (C=O) groups is 1. The Morgan fingerprint density at radius 2 is 1.86 bits per heavy atom. The summed E-state index contributed by atoms with van der Waals surface area (Å²) in [7, 11) is 0. The highest BCUT2D eigenvalue weighted by molar-refractivity contribution is 5.95. The molecule has 0 aliphatic heterocycles. The number of benzene rings is 2. The molecule has 3 aromatic rings. The first kappa shape index (κ1) is 20.2. The average molecular weight is 389 g/mol. The minimum Gasteiger partial charge on any atom is -0.478 e. The normalized spacial score (nSPS) is 10.8. The van der Waals surface area contributed by atoms with Crippen molar-refractivity contribution in [1.82, 2.24) is 14.3 Å². The highest BCUT2D eigenvalue weighted by Crippen LogP contribution is 2.24. The molecule has 0 bridgehead atoms. The van der Waals surface area contributed by atoms with E-state index in [1.807, 2.05) is 44.2 Å². The molecule has 3 rings (SSSR count). The third-order valence-electron chi connectivity index (χ3n) is 4.70. The van der Waals surface area contributed by atoms with Crippen molar-refractivity contribution in [1.29, 1.82) is 0 Å². The predicted molar refractivity (Wildman–Crippen MR) is 112 cm³/mol. The van der Waals surface area contributed by atoms with Gasteiger partial charge in [-0.05, 0) is 22.8 Å². The van der Waals surface area contributed by atoms with E-state index in [0.29, 0.717) is 30.9 Å². The highest BCUT2D eigenvalue weighted by atomic mass is 16.4. The Balaban J connectivity index is 1.91. The Hall–Kier alpha value is -3.59. The smallest absolute Gasteiger partial charge is 0.346 e. The molecular weight excluding hydrogens is 366 g/mol. The van der Waals surface area contributed by atoms with Crippen LogP contribution < -0.4 is 5.69 Å². The zero-order chi connectivity index (χ0) is 21.0. The number of carboxylic acid groups (broad SMARTS) is 1. The van der Waals surface area contributed by atoms with Gasteiger partial charge in [-0.25, -0.2) is 14.3 Å². The van der Waals surface area contributed by atoms with Gasteiger partial charge in [0, 0.05) is 12.3 Å². The highest BCUT2D eigenvalue weighted by Gasteiger charge is 2.16. The fourth-order valence-corrected chi connectivity index (χ4v) is 3.24. The maximum absolute atomic E-state index is 12.7. The topological polar surface area (TPSA) is 77.1 Å². The maximum Gasteiger partial charge on any atom is 0.346 e. The van der Waals surface area contributed by atoms with Crippen molar-refractivity contribution in [3.63, 3.8) is 0 Å². The van der Waals surface area contributed by atoms with E-state index < -0.39 is 5.97 Å². The standard InChI is InChI=1S/C23H23N3O3/c1-4-5-14-26-23(29)25(21(24-26)16(2)3)15-17-10-12-18(13-11-17)19-8-6-7-9-20(19)22(27)28/h1,6-13,16H,5,14-15H2,2-3H3,(H,27,28). The lowest BCUT2D eigenvalue weighted by Gasteiger charge is -2.10. The average Bonchev–Trinajstić information content (AvgIpc) is 3.03. The maximum atomic E-state index is 12.7. The van der Waals surface area contributed by atoms with Crippen molar-refractivity contribution in [3.05, 3.63) is 76.0 Å². The fourth-order valence-electron chi connectivity index (χ4n) is 3.24. The monoisotopic (exact) mass is 389 g/mol. The van der Waals surface area contributed by atoms with Crippen molar-refractivity contribution in [2.75, 3.05) is 0 Å². The van der Waals surface area contributed by atoms with Crippen molar-refractivity contribution in [3.8, 4) is 23.5 Å². The van der Waals surface area contributed by atoms with E-state index in [-0.39, 0.29) is 17.2 Å². The van der Waals surface area contributed by atoms with Gasteiger partial charge in [0.05, 0.1) is 18.7 Å². The van der Waals surface area contributed by atoms with Gasteiger partial charge >= 0.3 is 11.7 Å². The zero-order valence-electron chi connectivity index (χ0n) is 16.5. The van der Waals surface area contributed by atoms with Crippen LogP contribution in [0.1, 0.15) is 47.9 Å². The van der Waals surface area contributed by atoms with Gasteiger partial charge in [0.2, 0.25) is 0 Å². The van der Waals surface area contributed by atoms with E-state index >= 15 is 0 Å². The zero-order valence-corrected chi connectivity index (χ0v) is 16.5. The molecule has 6 heteroatoms. The molecular formula is C23H23N3O3. The molecule has 0 radical (unpaired) electrons. The van der Waals surface area contributed by atoms with Gasteiger partial charge in [0.1, 0.15) is 5.82 Å². The molecule has 1 N–H and O–H groups in total. The number of carboxylic acids is 1. The molecule has 0 atom stereocenters. The van der Waals surface area contributed by atoms with Gasteiger partial charge in [0.25, 0.3) is 0 Å². The fraction of sp³-hybridized carbons (Fsp3) is 0.261. The molecule has 2 aromatic carbocycles. The molecule has 29 heavy (non-hydrogen) atoms. The SMILES string of the molecule is C#CCCn1nc(C(C)C)n(Cc2ccc(-c3ccccc3C(=O)O)cc2)c1=O. The summed E-state index contributed by atoms with van der Waals surface area (Å²) in [4.78, 5) is 24.2. The molecule has 0 spiro atoms. The van der Waals surface area contributed by atoms with Gasteiger partial charge in [-0.1, -0.05) is 56.3 Å². The van der Waals surface area contributed by atoms with Gasteiger partial charge in [0.15, 0.2) is 0 Å². The number of aromatic carboxylic acids is 1. The third kappa shape index (κ3) is 4.30. The summed E-state index contributed by atoms with van der Waals surface area (Å²) in [6.07, 6.45) is 5.76. The molecule has 0 saturated carbocycles. The summed E-state index contributed by atoms with van der Waals surface area (Å²) in [6.45, 7) is 4.78. The van der Waals surface area contributed by atoms with Crippen LogP contribution in [0.3, 0.4) is 0 Å². The van der Waals surface area contributed by atoms with Crippen molar-refractivity contribution in [2.45, 2.75) is 39.3 Å². The van der Waals surface area contributed by atoms with E-state index in [2.05, 4.69) is 11.0 Å². The summed E-state index contributed by atoms with van der Waals surface area (Å²) in [6, 6.07) is 14.5. The number of aromatic nitrogens is 3. The largest absolute Gasteiger partial charge is 0.478 e. The molecule has 0 fully saturated rings. The second-order valence-corrected chi connectivity index (χ2v) is 7.11. The number of aryl methyl sites for hydroxylation is 1. The minimum absolute atomic E-state index is 0.0940. The first-order chi connectivity index (χ1) is 13.9. The molecule has 1 aromatic heterocycles. The van der Waals surface area contributed by atoms with Crippen LogP contribution in [-0.4, -0.2) is 25.4 Å². The van der Waals surface area contributed by atoms with Gasteiger partial charge < -0.3 is 5.11 Å². The summed E-state index contributed by atoms with van der Waals surface area (Å²) in [5.74, 6) is 2.38. The van der Waals surface area contributed by atoms with Crippen molar-refractivity contribution < 1.29 is 9.90 Å². The van der Waals surface area contributed by atoms with Gasteiger partial charge in [-0.2, -0.15) is 5.10 Å². The predicted octanol–water partition coefficient (Wildman–Crippen LogP) is 3.61. The van der Waals surface area contributed by atoms with Crippen molar-refractivity contribution >= 4 is 5.97 Å². The van der Waals surface area contributed by atoms with Crippen LogP contribution in [0.2, 0.25) is 0 Å². The van der Waals surface area contributed by atoms with Crippen LogP contribution in [0.4, 0.5) is 0 Å². The summed E-state index contributed by atoms with van der Waals surface area (Å²) in [5.41, 5.74) is 2.49. The molecule has 0 aliphatic carbocycles. The molecule has 6 nitrogen and oxygen atoms in total. The lowest BCUT2D eigenvalue weighted by Crippen LogP contribution is -2.26. The van der Waals surface area contributed by atoms with Crippen LogP contribution in [0.25, 0.3) is 11.1 Å². The molecule has 0 aliphatic rings. The second-order valence-electron chi connectivity index (χ2n) is 7.11. The van der Waals surface area contributed by atoms with Crippen LogP contribution in [0, 0.1) is 12.3 Å². The lowest BCUT2D eigenvalue weighted by molar-refractivity contribution is 0.0697. The Bertz CT molecular complexity index is 1120. The van der Waals surface area contributed by atoms with E-state index in [4.69, 9.17) is 6.42 Å². The number of nitrogens with zero attached hydrogens (tertiary/aromatic N) is 3. The molecule has 1 heterocycles. The van der Waals surface area contributed by atoms with Gasteiger partial charge in [-0.15, -0.1) is 12.3 Å². The molecule has 0 unspecified atom stereocenters. The minimum atomic E-state index is -0.961. The summed E-state index contributed by atoms with van der Waals surface area (Å²) >= 11 is 0. The number of rotatable bonds is 7. The lowest BCUT2D eigenvalue weighted by atomic mass is 9.99. The van der Waals surface area contributed by atoms with Crippen LogP contribution in [0.15, 0.2) is 53.3 Å². The Morgan fingerprint density at radius 3 is 2.48 bits per heavy atom. The Morgan fingerprint density at radius 1 is 1.17 bits per heavy atom. The Labute approximate surface area is 169 Å². The van der Waals surface area contributed by atoms with Gasteiger partial charge in [-0.3, -0.25) is 4.57 Å². The van der Waals surface area contributed by atoms with E-state index in [1.54, 1.807) is 22.8 Å². The summed E-state index contributed by atoms with van der Waals surface area (Å²) in [5, 5.41) is 13.8. The Kier molecular flexibility index (Phi) is 5.99. The third-order valence-corrected chi connectivity index (χ3v) is 4.70. The van der Waals surface area contributed by atoms with E-state index in [1.165, 1.54) is 4.68 Å². The summed E-state index contributed by atoms with van der Waals surface area (Å²) < 4.78 is 3.09. The van der Waals surface area contributed by atoms with Crippen LogP contribution in [0.5, 0.6) is 0 Å². The molecule has 148 valence electrons. The number of terminal acetylenes is 1. The first-order valence-corrected chi connectivity index (χ1v) is 9.45. The van der Waals surface area contributed by atoms with E-state index in [0.717, 1.165) is 11.1 Å². The molecule has 0 amide bonds. The number of hydrogen-bond acceptors (Lipinski definition) is 3. The van der Waals surface area contributed by atoms with E-state index in [9.17, 15) is 14.7 Å². The second kappa shape index (κ2) is 8.61. The molecule has 0 saturated heterocycles. The van der Waals surface area contributed by atoms with Crippen molar-refractivity contribution in [2.24, 2.45) is 0 Å². The number of hydrogen-bond donors (Lipinski definition) is 1. The van der Waals surface area contributed by atoms with Crippen LogP contribution in [-0.2, 0) is 13.1 Å². The first-order valence-electron chi connectivity index (χ1n) is 9.45.